The van der Waals surface area contributed by atoms with Gasteiger partial charge in [-0.05, 0) is 36.4 Å². The lowest BCUT2D eigenvalue weighted by atomic mass is 10.1. The summed E-state index contributed by atoms with van der Waals surface area (Å²) in [7, 11) is 0. The van der Waals surface area contributed by atoms with Crippen LogP contribution >= 0.6 is 0 Å². The summed E-state index contributed by atoms with van der Waals surface area (Å²) >= 11 is 0. The summed E-state index contributed by atoms with van der Waals surface area (Å²) in [4.78, 5) is 37.5. The zero-order valence-electron chi connectivity index (χ0n) is 27.1. The van der Waals surface area contributed by atoms with E-state index in [1.165, 1.54) is 6.07 Å². The quantitative estimate of drug-likeness (QED) is 0.190. The smallest absolute Gasteiger partial charge is 0.338 e. The van der Waals surface area contributed by atoms with E-state index in [-0.39, 0.29) is 83.3 Å². The number of carbonyl (C=O) groups excluding carboxylic acids is 3. The van der Waals surface area contributed by atoms with E-state index < -0.39 is 5.97 Å². The minimum absolute atomic E-state index is 0.000380. The zero-order valence-corrected chi connectivity index (χ0v) is 27.1. The Hall–Kier alpha value is -3.83. The molecule has 0 fully saturated rings. The van der Waals surface area contributed by atoms with E-state index in [0.29, 0.717) is 75.5 Å². The van der Waals surface area contributed by atoms with Gasteiger partial charge in [0.1, 0.15) is 19.8 Å². The molecule has 2 amide bonds. The number of ether oxygens (including phenoxy) is 9. The summed E-state index contributed by atoms with van der Waals surface area (Å²) in [5.74, 6) is -0.435. The molecule has 0 aliphatic carbocycles. The Bertz CT molecular complexity index is 1230. The highest BCUT2D eigenvalue weighted by molar-refractivity contribution is 5.99. The molecule has 3 rings (SSSR count). The Morgan fingerprint density at radius 1 is 0.583 bits per heavy atom. The summed E-state index contributed by atoms with van der Waals surface area (Å²) < 4.78 is 49.5. The van der Waals surface area contributed by atoms with Crippen LogP contribution in [0.2, 0.25) is 0 Å². The van der Waals surface area contributed by atoms with Gasteiger partial charge < -0.3 is 58.4 Å². The molecule has 1 heterocycles. The number of amides is 2. The van der Waals surface area contributed by atoms with Crippen LogP contribution in [-0.2, 0) is 33.2 Å². The van der Waals surface area contributed by atoms with Gasteiger partial charge >= 0.3 is 5.97 Å². The van der Waals surface area contributed by atoms with Crippen LogP contribution in [0.3, 0.4) is 0 Å². The van der Waals surface area contributed by atoms with E-state index in [9.17, 15) is 14.4 Å². The average molecular weight is 679 g/mol. The van der Waals surface area contributed by atoms with Crippen molar-refractivity contribution in [1.82, 2.24) is 10.6 Å². The van der Waals surface area contributed by atoms with E-state index in [0.717, 1.165) is 0 Å². The van der Waals surface area contributed by atoms with Crippen LogP contribution in [0.1, 0.15) is 31.1 Å². The molecule has 266 valence electrons. The van der Waals surface area contributed by atoms with E-state index in [4.69, 9.17) is 47.7 Å². The van der Waals surface area contributed by atoms with Gasteiger partial charge in [0, 0.05) is 24.2 Å². The largest absolute Gasteiger partial charge is 0.487 e. The molecule has 2 aromatic rings. The fraction of sp³-hybridized carbons (Fsp3) is 0.545. The maximum atomic E-state index is 12.7. The van der Waals surface area contributed by atoms with E-state index in [2.05, 4.69) is 10.6 Å². The lowest BCUT2D eigenvalue weighted by Crippen LogP contribution is -2.29. The molecular weight excluding hydrogens is 632 g/mol. The van der Waals surface area contributed by atoms with Gasteiger partial charge in [-0.2, -0.15) is 0 Å². The number of aliphatic hydroxyl groups is 1. The lowest BCUT2D eigenvalue weighted by Gasteiger charge is -2.15. The van der Waals surface area contributed by atoms with Gasteiger partial charge in [0.2, 0.25) is 0 Å². The van der Waals surface area contributed by atoms with Gasteiger partial charge in [-0.3, -0.25) is 9.59 Å². The standard InChI is InChI=1S/C33H46N2O13/c36-8-11-40-9-6-34-31(37)26-2-1-3-27(24-26)32(38)35-7-10-41-20-23-48-33(39)28-4-5-29-30(25-28)47-22-19-45-17-15-43-13-12-42-14-16-44-18-21-46-29/h1-5,24-25,36H,6-23H2,(H,34,37)(H,35,38). The minimum Gasteiger partial charge on any atom is -0.487 e. The van der Waals surface area contributed by atoms with Gasteiger partial charge in [0.05, 0.1) is 91.5 Å². The number of benzene rings is 2. The summed E-state index contributed by atoms with van der Waals surface area (Å²) in [6, 6.07) is 11.1. The maximum absolute atomic E-state index is 12.7. The highest BCUT2D eigenvalue weighted by Gasteiger charge is 2.14. The second kappa shape index (κ2) is 24.3. The van der Waals surface area contributed by atoms with Crippen LogP contribution in [-0.4, -0.2) is 142 Å². The second-order valence-electron chi connectivity index (χ2n) is 9.98. The summed E-state index contributed by atoms with van der Waals surface area (Å²) in [6.07, 6.45) is 0. The van der Waals surface area contributed by atoms with Crippen molar-refractivity contribution in [3.05, 3.63) is 59.2 Å². The lowest BCUT2D eigenvalue weighted by molar-refractivity contribution is -0.00842. The Labute approximate surface area is 280 Å². The first kappa shape index (κ1) is 38.6. The fourth-order valence-corrected chi connectivity index (χ4v) is 4.07. The molecule has 2 aromatic carbocycles. The first-order valence-corrected chi connectivity index (χ1v) is 15.9. The molecule has 48 heavy (non-hydrogen) atoms. The van der Waals surface area contributed by atoms with Crippen LogP contribution in [0.4, 0.5) is 0 Å². The molecule has 3 N–H and O–H groups in total. The van der Waals surface area contributed by atoms with Crippen molar-refractivity contribution in [3.63, 3.8) is 0 Å². The van der Waals surface area contributed by atoms with Gasteiger partial charge in [0.15, 0.2) is 11.5 Å². The Kier molecular flexibility index (Phi) is 19.6. The van der Waals surface area contributed by atoms with Crippen molar-refractivity contribution in [2.45, 2.75) is 0 Å². The molecule has 0 unspecified atom stereocenters. The fourth-order valence-electron chi connectivity index (χ4n) is 4.07. The zero-order chi connectivity index (χ0) is 34.1. The molecule has 1 aliphatic rings. The molecule has 15 heteroatoms. The van der Waals surface area contributed by atoms with E-state index in [1.54, 1.807) is 36.4 Å². The third-order valence-electron chi connectivity index (χ3n) is 6.41. The predicted molar refractivity (Wildman–Crippen MR) is 171 cm³/mol. The van der Waals surface area contributed by atoms with Crippen molar-refractivity contribution < 1.29 is 62.1 Å². The van der Waals surface area contributed by atoms with Gasteiger partial charge in [-0.1, -0.05) is 6.07 Å². The molecule has 0 saturated heterocycles. The monoisotopic (exact) mass is 678 g/mol. The first-order chi connectivity index (χ1) is 23.6. The number of hydrogen-bond acceptors (Lipinski definition) is 13. The molecule has 0 radical (unpaired) electrons. The Morgan fingerprint density at radius 3 is 1.67 bits per heavy atom. The van der Waals surface area contributed by atoms with Crippen LogP contribution < -0.4 is 20.1 Å². The van der Waals surface area contributed by atoms with E-state index in [1.807, 2.05) is 0 Å². The van der Waals surface area contributed by atoms with Crippen molar-refractivity contribution in [2.24, 2.45) is 0 Å². The highest BCUT2D eigenvalue weighted by Crippen LogP contribution is 2.29. The molecule has 0 aromatic heterocycles. The third-order valence-corrected chi connectivity index (χ3v) is 6.41. The average Bonchev–Trinajstić information content (AvgIpc) is 3.10. The molecule has 0 atom stereocenters. The third kappa shape index (κ3) is 15.8. The maximum Gasteiger partial charge on any atom is 0.338 e. The first-order valence-electron chi connectivity index (χ1n) is 15.9. The number of nitrogens with one attached hydrogen (secondary N) is 2. The van der Waals surface area contributed by atoms with Gasteiger partial charge in [0.25, 0.3) is 11.8 Å². The number of fused-ring (bicyclic) bond motifs is 1. The number of carbonyl (C=O) groups is 3. The molecular formula is C33H46N2O13. The van der Waals surface area contributed by atoms with Crippen LogP contribution in [0.15, 0.2) is 42.5 Å². The molecule has 15 nitrogen and oxygen atoms in total. The Balaban J connectivity index is 1.36. The van der Waals surface area contributed by atoms with Crippen molar-refractivity contribution >= 4 is 17.8 Å². The topological polar surface area (TPSA) is 179 Å². The molecule has 1 aliphatic heterocycles. The van der Waals surface area contributed by atoms with Gasteiger partial charge in [-0.25, -0.2) is 4.79 Å². The van der Waals surface area contributed by atoms with E-state index >= 15 is 0 Å². The summed E-state index contributed by atoms with van der Waals surface area (Å²) in [5.41, 5.74) is 0.936. The van der Waals surface area contributed by atoms with Crippen molar-refractivity contribution in [2.75, 3.05) is 119 Å². The van der Waals surface area contributed by atoms with Crippen LogP contribution in [0.25, 0.3) is 0 Å². The highest BCUT2D eigenvalue weighted by atomic mass is 16.6. The SMILES string of the molecule is O=C(NCCOCCO)c1cccc(C(=O)NCCOCCOC(=O)c2ccc3c(c2)OCCOCCOCCOCCOCCO3)c1. The minimum atomic E-state index is -0.559. The summed E-state index contributed by atoms with van der Waals surface area (Å²) in [5, 5.41) is 14.1. The second-order valence-corrected chi connectivity index (χ2v) is 9.98. The van der Waals surface area contributed by atoms with Crippen molar-refractivity contribution in [1.29, 1.82) is 0 Å². The number of esters is 1. The van der Waals surface area contributed by atoms with Crippen molar-refractivity contribution in [3.8, 4) is 11.5 Å². The summed E-state index contributed by atoms with van der Waals surface area (Å²) in [6.45, 7) is 5.07. The van der Waals surface area contributed by atoms with Gasteiger partial charge in [-0.15, -0.1) is 0 Å². The van der Waals surface area contributed by atoms with Crippen LogP contribution in [0, 0.1) is 0 Å². The van der Waals surface area contributed by atoms with Crippen LogP contribution in [0.5, 0.6) is 11.5 Å². The molecule has 0 saturated carbocycles. The molecule has 0 spiro atoms. The number of rotatable bonds is 14. The molecule has 0 bridgehead atoms. The normalized spacial score (nSPS) is 15.0. The number of aliphatic hydroxyl groups excluding tert-OH is 1. The Morgan fingerprint density at radius 2 is 1.10 bits per heavy atom. The predicted octanol–water partition coefficient (Wildman–Crippen LogP) is 0.866. The number of hydrogen-bond donors (Lipinski definition) is 3.